The largest absolute Gasteiger partial charge is 0.468 e. The number of amides is 1. The van der Waals surface area contributed by atoms with Gasteiger partial charge in [0.2, 0.25) is 5.91 Å². The molecule has 1 aliphatic carbocycles. The number of esters is 1. The third-order valence-corrected chi connectivity index (χ3v) is 3.30. The van der Waals surface area contributed by atoms with E-state index in [2.05, 4.69) is 20.3 Å². The minimum Gasteiger partial charge on any atom is -0.468 e. The van der Waals surface area contributed by atoms with Crippen LogP contribution in [-0.2, 0) is 20.9 Å². The summed E-state index contributed by atoms with van der Waals surface area (Å²) in [6.07, 6.45) is 5.40. The maximum Gasteiger partial charge on any atom is 0.325 e. The lowest BCUT2D eigenvalue weighted by atomic mass is 10.2. The van der Waals surface area contributed by atoms with E-state index < -0.39 is 5.97 Å². The van der Waals surface area contributed by atoms with Gasteiger partial charge in [0, 0.05) is 6.04 Å². The Morgan fingerprint density at radius 1 is 1.42 bits per heavy atom. The lowest BCUT2D eigenvalue weighted by Gasteiger charge is -2.27. The molecule has 2 rings (SSSR count). The van der Waals surface area contributed by atoms with Gasteiger partial charge in [0.1, 0.15) is 19.4 Å². The molecule has 0 aromatic carbocycles. The highest BCUT2D eigenvalue weighted by Crippen LogP contribution is 2.23. The number of ether oxygens (including phenoxy) is 1. The van der Waals surface area contributed by atoms with Gasteiger partial charge in [0.15, 0.2) is 0 Å². The fourth-order valence-corrected chi connectivity index (χ4v) is 2.32. The van der Waals surface area contributed by atoms with E-state index in [9.17, 15) is 9.59 Å². The lowest BCUT2D eigenvalue weighted by Crippen LogP contribution is -2.44. The van der Waals surface area contributed by atoms with Crippen molar-refractivity contribution in [3.05, 3.63) is 6.33 Å². The summed E-state index contributed by atoms with van der Waals surface area (Å²) in [6.45, 7) is 0.0304. The number of hydrogen-bond acceptors (Lipinski definition) is 6. The van der Waals surface area contributed by atoms with Gasteiger partial charge in [-0.25, -0.2) is 4.68 Å². The molecule has 8 heteroatoms. The Morgan fingerprint density at radius 2 is 2.16 bits per heavy atom. The van der Waals surface area contributed by atoms with Crippen molar-refractivity contribution in [1.82, 2.24) is 25.1 Å². The van der Waals surface area contributed by atoms with Crippen molar-refractivity contribution in [3.63, 3.8) is 0 Å². The Morgan fingerprint density at radius 3 is 2.74 bits per heavy atom. The van der Waals surface area contributed by atoms with E-state index in [1.54, 1.807) is 4.90 Å². The molecule has 8 nitrogen and oxygen atoms in total. The summed E-state index contributed by atoms with van der Waals surface area (Å²) in [5.74, 6) is -0.568. The third kappa shape index (κ3) is 3.49. The van der Waals surface area contributed by atoms with Gasteiger partial charge in [-0.1, -0.05) is 12.8 Å². The van der Waals surface area contributed by atoms with E-state index in [0.29, 0.717) is 0 Å². The first-order valence-electron chi connectivity index (χ1n) is 6.27. The van der Waals surface area contributed by atoms with E-state index in [0.717, 1.165) is 25.7 Å². The van der Waals surface area contributed by atoms with Crippen molar-refractivity contribution in [2.75, 3.05) is 13.7 Å². The fourth-order valence-electron chi connectivity index (χ4n) is 2.32. The van der Waals surface area contributed by atoms with Crippen molar-refractivity contribution >= 4 is 11.9 Å². The van der Waals surface area contributed by atoms with Crippen LogP contribution < -0.4 is 0 Å². The van der Waals surface area contributed by atoms with Crippen LogP contribution in [-0.4, -0.2) is 56.7 Å². The number of hydrogen-bond donors (Lipinski definition) is 0. The molecule has 0 saturated heterocycles. The van der Waals surface area contributed by atoms with Crippen LogP contribution in [0.25, 0.3) is 0 Å². The van der Waals surface area contributed by atoms with Gasteiger partial charge in [-0.3, -0.25) is 9.59 Å². The summed E-state index contributed by atoms with van der Waals surface area (Å²) in [5.41, 5.74) is 0. The van der Waals surface area contributed by atoms with Gasteiger partial charge in [-0.15, -0.1) is 5.10 Å². The maximum atomic E-state index is 12.3. The Bertz CT molecular complexity index is 428. The number of tetrazole rings is 1. The zero-order chi connectivity index (χ0) is 13.7. The molecule has 19 heavy (non-hydrogen) atoms. The van der Waals surface area contributed by atoms with Crippen LogP contribution in [0.1, 0.15) is 25.7 Å². The van der Waals surface area contributed by atoms with E-state index in [1.165, 1.54) is 18.1 Å². The van der Waals surface area contributed by atoms with Crippen molar-refractivity contribution < 1.29 is 14.3 Å². The molecule has 1 fully saturated rings. The molecule has 0 unspecified atom stereocenters. The van der Waals surface area contributed by atoms with Crippen LogP contribution in [0.3, 0.4) is 0 Å². The van der Waals surface area contributed by atoms with Crippen molar-refractivity contribution in [2.24, 2.45) is 0 Å². The fraction of sp³-hybridized carbons (Fsp3) is 0.727. The summed E-state index contributed by atoms with van der Waals surface area (Å²) in [4.78, 5) is 25.3. The first kappa shape index (κ1) is 13.4. The molecule has 1 amide bonds. The maximum absolute atomic E-state index is 12.3. The molecule has 0 N–H and O–H groups in total. The van der Waals surface area contributed by atoms with Gasteiger partial charge in [-0.2, -0.15) is 0 Å². The Balaban J connectivity index is 2.02. The topological polar surface area (TPSA) is 90.2 Å². The van der Waals surface area contributed by atoms with Gasteiger partial charge in [0.05, 0.1) is 7.11 Å². The molecule has 1 aromatic heterocycles. The highest BCUT2D eigenvalue weighted by molar-refractivity contribution is 5.82. The number of carbonyl (C=O) groups is 2. The van der Waals surface area contributed by atoms with Crippen LogP contribution in [0.4, 0.5) is 0 Å². The lowest BCUT2D eigenvalue weighted by molar-refractivity contribution is -0.148. The minimum absolute atomic E-state index is 0.0118. The monoisotopic (exact) mass is 267 g/mol. The second-order valence-corrected chi connectivity index (χ2v) is 4.54. The average molecular weight is 267 g/mol. The van der Waals surface area contributed by atoms with Gasteiger partial charge < -0.3 is 9.64 Å². The predicted molar refractivity (Wildman–Crippen MR) is 63.8 cm³/mol. The Labute approximate surface area is 110 Å². The predicted octanol–water partition coefficient (Wildman–Crippen LogP) is -0.383. The van der Waals surface area contributed by atoms with Gasteiger partial charge >= 0.3 is 5.97 Å². The molecule has 1 heterocycles. The zero-order valence-electron chi connectivity index (χ0n) is 10.9. The van der Waals surface area contributed by atoms with Crippen LogP contribution in [0.2, 0.25) is 0 Å². The molecular weight excluding hydrogens is 250 g/mol. The first-order valence-corrected chi connectivity index (χ1v) is 6.27. The summed E-state index contributed by atoms with van der Waals surface area (Å²) in [7, 11) is 1.32. The molecule has 104 valence electrons. The number of carbonyl (C=O) groups excluding carboxylic acids is 2. The highest BCUT2D eigenvalue weighted by atomic mass is 16.5. The molecule has 0 bridgehead atoms. The van der Waals surface area contributed by atoms with Gasteiger partial charge in [0.25, 0.3) is 0 Å². The van der Waals surface area contributed by atoms with E-state index in [1.807, 2.05) is 0 Å². The quantitative estimate of drug-likeness (QED) is 0.675. The SMILES string of the molecule is COC(=O)CN(C(=O)Cn1cnnn1)C1CCCC1. The van der Waals surface area contributed by atoms with Crippen LogP contribution in [0.15, 0.2) is 6.33 Å². The molecule has 1 aromatic rings. The molecule has 0 aliphatic heterocycles. The average Bonchev–Trinajstić information content (AvgIpc) is 3.08. The summed E-state index contributed by atoms with van der Waals surface area (Å²) in [5, 5.41) is 10.6. The number of nitrogens with zero attached hydrogens (tertiary/aromatic N) is 5. The van der Waals surface area contributed by atoms with Crippen LogP contribution in [0.5, 0.6) is 0 Å². The number of aromatic nitrogens is 4. The highest BCUT2D eigenvalue weighted by Gasteiger charge is 2.28. The minimum atomic E-state index is -0.406. The second kappa shape index (κ2) is 6.26. The molecule has 0 atom stereocenters. The first-order chi connectivity index (χ1) is 9.20. The van der Waals surface area contributed by atoms with E-state index >= 15 is 0 Å². The van der Waals surface area contributed by atoms with Crippen molar-refractivity contribution in [3.8, 4) is 0 Å². The molecular formula is C11H17N5O3. The standard InChI is InChI=1S/C11H17N5O3/c1-19-11(18)7-16(9-4-2-3-5-9)10(17)6-15-8-12-13-14-15/h8-9H,2-7H2,1H3. The molecule has 1 saturated carbocycles. The number of methoxy groups -OCH3 is 1. The summed E-state index contributed by atoms with van der Waals surface area (Å²) in [6, 6.07) is 0.114. The van der Waals surface area contributed by atoms with E-state index in [-0.39, 0.29) is 25.0 Å². The normalized spacial score (nSPS) is 15.4. The Kier molecular flexibility index (Phi) is 4.43. The molecule has 0 radical (unpaired) electrons. The van der Waals surface area contributed by atoms with Crippen LogP contribution >= 0.6 is 0 Å². The summed E-state index contributed by atoms with van der Waals surface area (Å²) < 4.78 is 5.99. The summed E-state index contributed by atoms with van der Waals surface area (Å²) >= 11 is 0. The smallest absolute Gasteiger partial charge is 0.325 e. The number of rotatable bonds is 5. The van der Waals surface area contributed by atoms with Crippen molar-refractivity contribution in [2.45, 2.75) is 38.3 Å². The molecule has 0 spiro atoms. The zero-order valence-corrected chi connectivity index (χ0v) is 10.9. The van der Waals surface area contributed by atoms with E-state index in [4.69, 9.17) is 0 Å². The Hall–Kier alpha value is -1.99. The van der Waals surface area contributed by atoms with Gasteiger partial charge in [-0.05, 0) is 23.3 Å². The van der Waals surface area contributed by atoms with Crippen molar-refractivity contribution in [1.29, 1.82) is 0 Å². The third-order valence-electron chi connectivity index (χ3n) is 3.30. The van der Waals surface area contributed by atoms with Crippen LogP contribution in [0, 0.1) is 0 Å². The second-order valence-electron chi connectivity index (χ2n) is 4.54. The molecule has 1 aliphatic rings.